The number of pyridine rings is 1. The van der Waals surface area contributed by atoms with Gasteiger partial charge >= 0.3 is 0 Å². The Hall–Kier alpha value is -1.13. The van der Waals surface area contributed by atoms with Crippen LogP contribution in [0.4, 0.5) is 0 Å². The van der Waals surface area contributed by atoms with Gasteiger partial charge in [-0.3, -0.25) is 4.98 Å². The number of ether oxygens (including phenoxy) is 1. The largest absolute Gasteiger partial charge is 0.383 e. The molecule has 2 aromatic rings. The van der Waals surface area contributed by atoms with E-state index >= 15 is 0 Å². The topological polar surface area (TPSA) is 39.9 Å². The van der Waals surface area contributed by atoms with Gasteiger partial charge < -0.3 is 9.30 Å². The lowest BCUT2D eigenvalue weighted by Crippen LogP contribution is -2.22. The SMILES string of the molecule is COCC(C(C)C)n1c(C(C)Cl)nc2cnccc21. The maximum Gasteiger partial charge on any atom is 0.128 e. The van der Waals surface area contributed by atoms with Crippen LogP contribution in [0.15, 0.2) is 18.5 Å². The van der Waals surface area contributed by atoms with Crippen molar-refractivity contribution < 1.29 is 4.74 Å². The molecule has 2 atom stereocenters. The standard InChI is InChI=1S/C14H20ClN3O/c1-9(2)13(8-19-4)18-12-5-6-16-7-11(12)17-14(18)10(3)15/h5-7,9-10,13H,8H2,1-4H3. The van der Waals surface area contributed by atoms with Crippen molar-refractivity contribution in [1.82, 2.24) is 14.5 Å². The number of imidazole rings is 1. The highest BCUT2D eigenvalue weighted by molar-refractivity contribution is 6.20. The second-order valence-electron chi connectivity index (χ2n) is 5.09. The number of alkyl halides is 1. The minimum Gasteiger partial charge on any atom is -0.383 e. The van der Waals surface area contributed by atoms with Gasteiger partial charge in [-0.2, -0.15) is 0 Å². The summed E-state index contributed by atoms with van der Waals surface area (Å²) < 4.78 is 7.56. The van der Waals surface area contributed by atoms with Gasteiger partial charge in [-0.25, -0.2) is 4.98 Å². The summed E-state index contributed by atoms with van der Waals surface area (Å²) in [5, 5.41) is -0.148. The van der Waals surface area contributed by atoms with Crippen molar-refractivity contribution in [2.75, 3.05) is 13.7 Å². The van der Waals surface area contributed by atoms with Gasteiger partial charge in [-0.05, 0) is 18.9 Å². The molecule has 2 aromatic heterocycles. The van der Waals surface area contributed by atoms with E-state index in [2.05, 4.69) is 28.4 Å². The fourth-order valence-corrected chi connectivity index (χ4v) is 2.49. The van der Waals surface area contributed by atoms with Crippen LogP contribution < -0.4 is 0 Å². The molecule has 0 aliphatic heterocycles. The van der Waals surface area contributed by atoms with Crippen LogP contribution in [0, 0.1) is 5.92 Å². The highest BCUT2D eigenvalue weighted by Crippen LogP contribution is 2.30. The second kappa shape index (κ2) is 5.88. The Morgan fingerprint density at radius 1 is 1.37 bits per heavy atom. The normalized spacial score (nSPS) is 15.1. The van der Waals surface area contributed by atoms with Crippen LogP contribution in [0.3, 0.4) is 0 Å². The summed E-state index contributed by atoms with van der Waals surface area (Å²) in [6.07, 6.45) is 3.56. The fourth-order valence-electron chi connectivity index (χ4n) is 2.33. The number of hydrogen-bond donors (Lipinski definition) is 0. The van der Waals surface area contributed by atoms with Crippen LogP contribution in [0.5, 0.6) is 0 Å². The number of halogens is 1. The minimum atomic E-state index is -0.148. The predicted octanol–water partition coefficient (Wildman–Crippen LogP) is 3.57. The van der Waals surface area contributed by atoms with Crippen molar-refractivity contribution in [3.63, 3.8) is 0 Å². The molecule has 0 aromatic carbocycles. The third-order valence-electron chi connectivity index (χ3n) is 3.31. The zero-order valence-corrected chi connectivity index (χ0v) is 12.6. The first-order chi connectivity index (χ1) is 9.06. The molecule has 104 valence electrons. The van der Waals surface area contributed by atoms with E-state index in [-0.39, 0.29) is 11.4 Å². The molecule has 2 unspecified atom stereocenters. The number of aromatic nitrogens is 3. The van der Waals surface area contributed by atoms with E-state index in [4.69, 9.17) is 16.3 Å². The average molecular weight is 282 g/mol. The van der Waals surface area contributed by atoms with Crippen molar-refractivity contribution in [3.05, 3.63) is 24.3 Å². The molecule has 0 aliphatic rings. The number of nitrogens with zero attached hydrogens (tertiary/aromatic N) is 3. The third kappa shape index (κ3) is 2.74. The molecule has 0 spiro atoms. The summed E-state index contributed by atoms with van der Waals surface area (Å²) in [6, 6.07) is 2.20. The first-order valence-corrected chi connectivity index (χ1v) is 6.94. The summed E-state index contributed by atoms with van der Waals surface area (Å²) in [6.45, 7) is 6.94. The van der Waals surface area contributed by atoms with Crippen LogP contribution in [0.2, 0.25) is 0 Å². The van der Waals surface area contributed by atoms with Gasteiger partial charge in [0.25, 0.3) is 0 Å². The van der Waals surface area contributed by atoms with E-state index in [1.165, 1.54) is 0 Å². The molecular weight excluding hydrogens is 262 g/mol. The fraction of sp³-hybridized carbons (Fsp3) is 0.571. The molecule has 4 nitrogen and oxygen atoms in total. The van der Waals surface area contributed by atoms with Crippen LogP contribution in [-0.2, 0) is 4.74 Å². The van der Waals surface area contributed by atoms with Gasteiger partial charge in [0.2, 0.25) is 0 Å². The van der Waals surface area contributed by atoms with Gasteiger partial charge in [0.15, 0.2) is 0 Å². The molecule has 0 amide bonds. The lowest BCUT2D eigenvalue weighted by Gasteiger charge is -2.25. The highest BCUT2D eigenvalue weighted by Gasteiger charge is 2.24. The number of methoxy groups -OCH3 is 1. The molecule has 19 heavy (non-hydrogen) atoms. The summed E-state index contributed by atoms with van der Waals surface area (Å²) in [7, 11) is 1.72. The Bertz CT molecular complexity index is 551. The van der Waals surface area contributed by atoms with Gasteiger partial charge in [0, 0.05) is 13.3 Å². The van der Waals surface area contributed by atoms with Gasteiger partial charge in [-0.15, -0.1) is 11.6 Å². The zero-order chi connectivity index (χ0) is 14.0. The molecule has 2 rings (SSSR count). The quantitative estimate of drug-likeness (QED) is 0.787. The molecule has 0 saturated carbocycles. The van der Waals surface area contributed by atoms with Crippen LogP contribution in [0.25, 0.3) is 11.0 Å². The molecule has 2 heterocycles. The van der Waals surface area contributed by atoms with Gasteiger partial charge in [-0.1, -0.05) is 13.8 Å². The smallest absolute Gasteiger partial charge is 0.128 e. The predicted molar refractivity (Wildman–Crippen MR) is 77.5 cm³/mol. The summed E-state index contributed by atoms with van der Waals surface area (Å²) in [4.78, 5) is 8.74. The van der Waals surface area contributed by atoms with Gasteiger partial charge in [0.05, 0.1) is 29.7 Å². The zero-order valence-electron chi connectivity index (χ0n) is 11.8. The molecule has 0 N–H and O–H groups in total. The first-order valence-electron chi connectivity index (χ1n) is 6.51. The Morgan fingerprint density at radius 3 is 2.68 bits per heavy atom. The molecule has 0 radical (unpaired) electrons. The molecule has 0 bridgehead atoms. The van der Waals surface area contributed by atoms with Crippen molar-refractivity contribution in [3.8, 4) is 0 Å². The first kappa shape index (κ1) is 14.3. The molecule has 0 fully saturated rings. The van der Waals surface area contributed by atoms with E-state index in [0.29, 0.717) is 12.5 Å². The number of hydrogen-bond acceptors (Lipinski definition) is 3. The van der Waals surface area contributed by atoms with Crippen LogP contribution >= 0.6 is 11.6 Å². The van der Waals surface area contributed by atoms with E-state index < -0.39 is 0 Å². The summed E-state index contributed by atoms with van der Waals surface area (Å²) in [5.41, 5.74) is 1.94. The molecule has 0 saturated heterocycles. The van der Waals surface area contributed by atoms with Gasteiger partial charge in [0.1, 0.15) is 11.3 Å². The lowest BCUT2D eigenvalue weighted by molar-refractivity contribution is 0.133. The van der Waals surface area contributed by atoms with Crippen molar-refractivity contribution in [1.29, 1.82) is 0 Å². The van der Waals surface area contributed by atoms with E-state index in [9.17, 15) is 0 Å². The maximum atomic E-state index is 6.28. The highest BCUT2D eigenvalue weighted by atomic mass is 35.5. The monoisotopic (exact) mass is 281 g/mol. The van der Waals surface area contributed by atoms with Crippen LogP contribution in [0.1, 0.15) is 38.0 Å². The average Bonchev–Trinajstić information content (AvgIpc) is 2.75. The van der Waals surface area contributed by atoms with Crippen molar-refractivity contribution in [2.45, 2.75) is 32.2 Å². The van der Waals surface area contributed by atoms with Crippen molar-refractivity contribution in [2.24, 2.45) is 5.92 Å². The van der Waals surface area contributed by atoms with Crippen LogP contribution in [-0.4, -0.2) is 28.3 Å². The van der Waals surface area contributed by atoms with E-state index in [1.807, 2.05) is 13.0 Å². The molecule has 5 heteroatoms. The third-order valence-corrected chi connectivity index (χ3v) is 3.51. The number of fused-ring (bicyclic) bond motifs is 1. The Morgan fingerprint density at radius 2 is 2.11 bits per heavy atom. The molecule has 0 aliphatic carbocycles. The summed E-state index contributed by atoms with van der Waals surface area (Å²) in [5.74, 6) is 1.31. The Balaban J connectivity index is 2.63. The second-order valence-corrected chi connectivity index (χ2v) is 5.74. The van der Waals surface area contributed by atoms with Crippen molar-refractivity contribution >= 4 is 22.6 Å². The Labute approximate surface area is 118 Å². The summed E-state index contributed by atoms with van der Waals surface area (Å²) >= 11 is 6.28. The van der Waals surface area contributed by atoms with E-state index in [1.54, 1.807) is 19.5 Å². The van der Waals surface area contributed by atoms with E-state index in [0.717, 1.165) is 16.9 Å². The lowest BCUT2D eigenvalue weighted by atomic mass is 10.0. The Kier molecular flexibility index (Phi) is 4.42. The number of rotatable bonds is 5. The maximum absolute atomic E-state index is 6.28. The minimum absolute atomic E-state index is 0.148. The molecular formula is C14H20ClN3O.